The molecule has 30 heavy (non-hydrogen) atoms. The van der Waals surface area contributed by atoms with Crippen molar-refractivity contribution in [2.75, 3.05) is 26.2 Å². The number of nitrogens with two attached hydrogens (primary N) is 1. The lowest BCUT2D eigenvalue weighted by molar-refractivity contribution is -0.163. The summed E-state index contributed by atoms with van der Waals surface area (Å²) in [5.74, 6) is -0.365. The third-order valence-electron chi connectivity index (χ3n) is 7.65. The quantitative estimate of drug-likeness (QED) is 0.521. The molecule has 1 aliphatic carbocycles. The van der Waals surface area contributed by atoms with Gasteiger partial charge in [-0.3, -0.25) is 4.79 Å². The third kappa shape index (κ3) is 3.92. The molecule has 0 aromatic heterocycles. The van der Waals surface area contributed by atoms with E-state index in [1.165, 1.54) is 30.6 Å². The molecular formula is C22H35N3O4S. The minimum Gasteiger partial charge on any atom is -0.477 e. The Balaban J connectivity index is 1.37. The Morgan fingerprint density at radius 2 is 1.90 bits per heavy atom. The fraction of sp³-hybridized carbons (Fsp3) is 0.818. The number of aliphatic hydroxyl groups is 1. The fourth-order valence-corrected chi connectivity index (χ4v) is 7.45. The maximum Gasteiger partial charge on any atom is 0.353 e. The lowest BCUT2D eigenvalue weighted by Crippen LogP contribution is -2.63. The highest BCUT2D eigenvalue weighted by molar-refractivity contribution is 8.03. The maximum atomic E-state index is 12.5. The Bertz CT molecular complexity index is 719. The summed E-state index contributed by atoms with van der Waals surface area (Å²) >= 11 is 1.66. The predicted octanol–water partition coefficient (Wildman–Crippen LogP) is 1.71. The Hall–Kier alpha value is -1.09. The van der Waals surface area contributed by atoms with Gasteiger partial charge in [-0.2, -0.15) is 0 Å². The van der Waals surface area contributed by atoms with Crippen LogP contribution >= 0.6 is 11.8 Å². The first kappa shape index (κ1) is 22.1. The SMILES string of the molecule is C[C@@H](O)[C@H]1C(=O)N2C(C(=O)O)=C(S[C@@H]3CCN(C[C@H]4CC[C@@H](CN)CC4)C3)[C@H](C)[C@H]12. The van der Waals surface area contributed by atoms with Crippen molar-refractivity contribution < 1.29 is 19.8 Å². The first-order valence-electron chi connectivity index (χ1n) is 11.4. The molecule has 0 bridgehead atoms. The van der Waals surface area contributed by atoms with Crippen molar-refractivity contribution in [3.63, 3.8) is 0 Å². The summed E-state index contributed by atoms with van der Waals surface area (Å²) in [4.78, 5) is 29.2. The van der Waals surface area contributed by atoms with E-state index in [2.05, 4.69) is 4.90 Å². The van der Waals surface area contributed by atoms with E-state index < -0.39 is 18.0 Å². The normalized spacial score (nSPS) is 38.0. The zero-order valence-corrected chi connectivity index (χ0v) is 18.8. The lowest BCUT2D eigenvalue weighted by atomic mass is 9.79. The minimum atomic E-state index is -1.03. The number of carboxylic acids is 1. The van der Waals surface area contributed by atoms with Crippen LogP contribution in [-0.4, -0.2) is 75.5 Å². The first-order valence-corrected chi connectivity index (χ1v) is 12.3. The number of rotatable bonds is 7. The molecule has 4 aliphatic rings. The monoisotopic (exact) mass is 437 g/mol. The maximum absolute atomic E-state index is 12.5. The average Bonchev–Trinajstić information content (AvgIpc) is 3.23. The Kier molecular flexibility index (Phi) is 6.49. The van der Waals surface area contributed by atoms with Gasteiger partial charge in [0, 0.05) is 29.2 Å². The molecule has 0 aromatic carbocycles. The average molecular weight is 438 g/mol. The van der Waals surface area contributed by atoms with E-state index in [-0.39, 0.29) is 23.6 Å². The molecular weight excluding hydrogens is 402 g/mol. The van der Waals surface area contributed by atoms with E-state index in [0.29, 0.717) is 11.2 Å². The molecule has 7 nitrogen and oxygen atoms in total. The minimum absolute atomic E-state index is 0.0426. The molecule has 0 unspecified atom stereocenters. The molecule has 168 valence electrons. The fourth-order valence-electron chi connectivity index (χ4n) is 5.93. The molecule has 2 saturated heterocycles. The summed E-state index contributed by atoms with van der Waals surface area (Å²) in [6.45, 7) is 7.59. The van der Waals surface area contributed by atoms with Crippen LogP contribution in [0.1, 0.15) is 46.0 Å². The standard InChI is InChI=1S/C22H35N3O4S/c1-12-18-17(13(2)26)21(27)25(18)19(22(28)29)20(12)30-16-7-8-24(11-16)10-15-5-3-14(9-23)4-6-15/h12-18,26H,3-11,23H2,1-2H3,(H,28,29)/t12-,13-,14-,15+,16-,17-,18-/m1/s1. The van der Waals surface area contributed by atoms with E-state index in [0.717, 1.165) is 43.4 Å². The van der Waals surface area contributed by atoms with Gasteiger partial charge < -0.3 is 25.7 Å². The summed E-state index contributed by atoms with van der Waals surface area (Å²) in [6.07, 6.45) is 5.31. The van der Waals surface area contributed by atoms with Gasteiger partial charge in [-0.05, 0) is 64.0 Å². The topological polar surface area (TPSA) is 107 Å². The van der Waals surface area contributed by atoms with Crippen LogP contribution in [0.4, 0.5) is 0 Å². The van der Waals surface area contributed by atoms with Crippen LogP contribution in [0.15, 0.2) is 10.6 Å². The van der Waals surface area contributed by atoms with Gasteiger partial charge in [0.15, 0.2) is 0 Å². The van der Waals surface area contributed by atoms with E-state index >= 15 is 0 Å². The van der Waals surface area contributed by atoms with Crippen LogP contribution in [0.5, 0.6) is 0 Å². The van der Waals surface area contributed by atoms with E-state index in [4.69, 9.17) is 5.73 Å². The molecule has 4 N–H and O–H groups in total. The summed E-state index contributed by atoms with van der Waals surface area (Å²) in [5.41, 5.74) is 5.96. The number of carbonyl (C=O) groups excluding carboxylic acids is 1. The summed E-state index contributed by atoms with van der Waals surface area (Å²) in [7, 11) is 0. The van der Waals surface area contributed by atoms with Gasteiger partial charge in [0.2, 0.25) is 5.91 Å². The van der Waals surface area contributed by atoms with E-state index in [9.17, 15) is 19.8 Å². The number of β-lactam (4-membered cyclic amide) rings is 1. The second-order valence-electron chi connectivity index (χ2n) is 9.68. The van der Waals surface area contributed by atoms with Crippen molar-refractivity contribution in [2.24, 2.45) is 29.4 Å². The van der Waals surface area contributed by atoms with Crippen molar-refractivity contribution >= 4 is 23.6 Å². The van der Waals surface area contributed by atoms with Crippen LogP contribution in [0.2, 0.25) is 0 Å². The Labute approximate surface area is 183 Å². The van der Waals surface area contributed by atoms with Crippen LogP contribution < -0.4 is 5.73 Å². The van der Waals surface area contributed by atoms with E-state index in [1.807, 2.05) is 6.92 Å². The lowest BCUT2D eigenvalue weighted by Gasteiger charge is -2.46. The van der Waals surface area contributed by atoms with Gasteiger partial charge in [-0.15, -0.1) is 11.8 Å². The molecule has 3 heterocycles. The number of fused-ring (bicyclic) bond motifs is 1. The van der Waals surface area contributed by atoms with Gasteiger partial charge in [0.05, 0.1) is 18.1 Å². The second-order valence-corrected chi connectivity index (χ2v) is 11.0. The van der Waals surface area contributed by atoms with Crippen molar-refractivity contribution in [1.82, 2.24) is 9.80 Å². The van der Waals surface area contributed by atoms with Gasteiger partial charge in [0.1, 0.15) is 5.70 Å². The molecule has 4 rings (SSSR count). The van der Waals surface area contributed by atoms with Gasteiger partial charge in [0.25, 0.3) is 0 Å². The third-order valence-corrected chi connectivity index (χ3v) is 9.19. The number of hydrogen-bond donors (Lipinski definition) is 3. The highest BCUT2D eigenvalue weighted by Gasteiger charge is 2.60. The zero-order chi connectivity index (χ0) is 21.6. The number of aliphatic hydroxyl groups excluding tert-OH is 1. The Morgan fingerprint density at radius 1 is 1.23 bits per heavy atom. The number of aliphatic carboxylic acids is 1. The summed E-state index contributed by atoms with van der Waals surface area (Å²) in [5, 5.41) is 20.2. The van der Waals surface area contributed by atoms with Crippen molar-refractivity contribution in [3.8, 4) is 0 Å². The largest absolute Gasteiger partial charge is 0.477 e. The zero-order valence-electron chi connectivity index (χ0n) is 18.0. The summed E-state index contributed by atoms with van der Waals surface area (Å²) < 4.78 is 0. The molecule has 1 saturated carbocycles. The first-order chi connectivity index (χ1) is 14.3. The van der Waals surface area contributed by atoms with Gasteiger partial charge in [-0.25, -0.2) is 4.79 Å². The van der Waals surface area contributed by atoms with Crippen molar-refractivity contribution in [1.29, 1.82) is 0 Å². The van der Waals surface area contributed by atoms with E-state index in [1.54, 1.807) is 18.7 Å². The molecule has 8 heteroatoms. The van der Waals surface area contributed by atoms with Crippen LogP contribution in [-0.2, 0) is 9.59 Å². The molecule has 1 amide bonds. The smallest absolute Gasteiger partial charge is 0.353 e. The number of carbonyl (C=O) groups is 2. The van der Waals surface area contributed by atoms with Gasteiger partial charge >= 0.3 is 5.97 Å². The Morgan fingerprint density at radius 3 is 2.50 bits per heavy atom. The molecule has 0 aromatic rings. The number of likely N-dealkylation sites (tertiary alicyclic amines) is 1. The number of hydrogen-bond acceptors (Lipinski definition) is 6. The number of carboxylic acid groups (broad SMARTS) is 1. The molecule has 5 atom stereocenters. The molecule has 3 aliphatic heterocycles. The van der Waals surface area contributed by atoms with Crippen molar-refractivity contribution in [2.45, 2.75) is 63.3 Å². The van der Waals surface area contributed by atoms with Crippen LogP contribution in [0.25, 0.3) is 0 Å². The van der Waals surface area contributed by atoms with Crippen molar-refractivity contribution in [3.05, 3.63) is 10.6 Å². The predicted molar refractivity (Wildman–Crippen MR) is 117 cm³/mol. The van der Waals surface area contributed by atoms with Gasteiger partial charge in [-0.1, -0.05) is 6.92 Å². The molecule has 3 fully saturated rings. The van der Waals surface area contributed by atoms with Crippen LogP contribution in [0.3, 0.4) is 0 Å². The number of amides is 1. The highest BCUT2D eigenvalue weighted by atomic mass is 32.2. The molecule has 0 radical (unpaired) electrons. The molecule has 0 spiro atoms. The highest BCUT2D eigenvalue weighted by Crippen LogP contribution is 2.52. The number of nitrogens with zero attached hydrogens (tertiary/aromatic N) is 2. The second kappa shape index (κ2) is 8.81. The summed E-state index contributed by atoms with van der Waals surface area (Å²) in [6, 6.07) is -0.221. The van der Waals surface area contributed by atoms with Crippen LogP contribution in [0, 0.1) is 23.7 Å². The number of thioether (sulfide) groups is 1.